The lowest BCUT2D eigenvalue weighted by atomic mass is 10.1. The maximum absolute atomic E-state index is 11.9. The van der Waals surface area contributed by atoms with Gasteiger partial charge in [0.15, 0.2) is 0 Å². The molecule has 0 radical (unpaired) electrons. The summed E-state index contributed by atoms with van der Waals surface area (Å²) in [5.41, 5.74) is 1.11. The molecule has 0 bridgehead atoms. The third kappa shape index (κ3) is 2.65. The fourth-order valence-electron chi connectivity index (χ4n) is 1.35. The summed E-state index contributed by atoms with van der Waals surface area (Å²) in [6, 6.07) is 5.46. The third-order valence-electron chi connectivity index (χ3n) is 2.28. The van der Waals surface area contributed by atoms with Gasteiger partial charge in [0.1, 0.15) is 0 Å². The van der Waals surface area contributed by atoms with E-state index in [4.69, 9.17) is 0 Å². The summed E-state index contributed by atoms with van der Waals surface area (Å²) in [6.07, 6.45) is 1.66. The number of hydrogen-bond acceptors (Lipinski definition) is 2. The average Bonchev–Trinajstić information content (AvgIpc) is 2.30. The lowest BCUT2D eigenvalue weighted by molar-refractivity contribution is -0.124. The molecule has 0 atom stereocenters. The summed E-state index contributed by atoms with van der Waals surface area (Å²) in [5, 5.41) is 0. The van der Waals surface area contributed by atoms with E-state index >= 15 is 0 Å². The van der Waals surface area contributed by atoms with Crippen molar-refractivity contribution in [1.82, 2.24) is 9.88 Å². The van der Waals surface area contributed by atoms with E-state index in [0.29, 0.717) is 24.4 Å². The molecule has 1 rings (SSSR count). The Bertz CT molecular complexity index is 342. The summed E-state index contributed by atoms with van der Waals surface area (Å²) < 4.78 is 0. The fraction of sp³-hybridized carbons (Fsp3) is 0.333. The minimum Gasteiger partial charge on any atom is -0.339 e. The van der Waals surface area contributed by atoms with E-state index in [9.17, 15) is 4.79 Å². The Hall–Kier alpha value is -1.64. The van der Waals surface area contributed by atoms with Crippen LogP contribution in [0.2, 0.25) is 0 Å². The van der Waals surface area contributed by atoms with Gasteiger partial charge >= 0.3 is 0 Å². The lowest BCUT2D eigenvalue weighted by Gasteiger charge is -2.19. The van der Waals surface area contributed by atoms with Crippen molar-refractivity contribution in [2.24, 2.45) is 0 Å². The highest BCUT2D eigenvalue weighted by Crippen LogP contribution is 2.11. The van der Waals surface area contributed by atoms with E-state index in [0.717, 1.165) is 0 Å². The molecule has 80 valence electrons. The van der Waals surface area contributed by atoms with Crippen molar-refractivity contribution in [1.29, 1.82) is 0 Å². The second-order valence-corrected chi connectivity index (χ2v) is 3.17. The van der Waals surface area contributed by atoms with Crippen LogP contribution < -0.4 is 0 Å². The van der Waals surface area contributed by atoms with Gasteiger partial charge < -0.3 is 4.90 Å². The van der Waals surface area contributed by atoms with Crippen molar-refractivity contribution in [2.45, 2.75) is 13.8 Å². The van der Waals surface area contributed by atoms with E-state index in [1.807, 2.05) is 26.0 Å². The smallest absolute Gasteiger partial charge is 0.255 e. The van der Waals surface area contributed by atoms with Gasteiger partial charge in [0.25, 0.3) is 5.91 Å². The molecule has 0 aliphatic rings. The van der Waals surface area contributed by atoms with Crippen LogP contribution in [-0.4, -0.2) is 28.9 Å². The zero-order chi connectivity index (χ0) is 11.3. The van der Waals surface area contributed by atoms with Crippen LogP contribution >= 0.6 is 0 Å². The van der Waals surface area contributed by atoms with Gasteiger partial charge in [0.2, 0.25) is 0 Å². The van der Waals surface area contributed by atoms with Crippen LogP contribution in [0, 0.1) is 0 Å². The Balaban J connectivity index is 2.82. The minimum atomic E-state index is -0.0429. The Kier molecular flexibility index (Phi) is 4.03. The molecule has 1 aromatic rings. The Morgan fingerprint density at radius 3 is 2.53 bits per heavy atom. The summed E-state index contributed by atoms with van der Waals surface area (Å²) in [5.74, 6) is -0.0429. The molecule has 3 nitrogen and oxygen atoms in total. The van der Waals surface area contributed by atoms with Gasteiger partial charge in [0, 0.05) is 19.3 Å². The topological polar surface area (TPSA) is 33.2 Å². The predicted octanol–water partition coefficient (Wildman–Crippen LogP) is 1.96. The number of amides is 1. The van der Waals surface area contributed by atoms with E-state index in [1.54, 1.807) is 17.2 Å². The molecule has 3 heteroatoms. The first-order valence-electron chi connectivity index (χ1n) is 5.10. The number of aromatic nitrogens is 1. The van der Waals surface area contributed by atoms with E-state index < -0.39 is 0 Å². The average molecular weight is 204 g/mol. The lowest BCUT2D eigenvalue weighted by Crippen LogP contribution is -2.31. The maximum Gasteiger partial charge on any atom is 0.255 e. The van der Waals surface area contributed by atoms with Crippen molar-refractivity contribution in [3.8, 4) is 0 Å². The first-order valence-corrected chi connectivity index (χ1v) is 5.10. The second kappa shape index (κ2) is 5.29. The standard InChI is InChI=1S/C12H16N2O/c1-4-14(5-2)12(15)10(3)11-8-6-7-9-13-11/h6-9H,3-5H2,1-2H3. The first-order chi connectivity index (χ1) is 7.20. The summed E-state index contributed by atoms with van der Waals surface area (Å²) in [7, 11) is 0. The van der Waals surface area contributed by atoms with Gasteiger partial charge in [-0.15, -0.1) is 0 Å². The molecule has 1 amide bonds. The van der Waals surface area contributed by atoms with Crippen molar-refractivity contribution < 1.29 is 4.79 Å². The summed E-state index contributed by atoms with van der Waals surface area (Å²) in [4.78, 5) is 17.7. The van der Waals surface area contributed by atoms with Gasteiger partial charge in [-0.25, -0.2) is 0 Å². The van der Waals surface area contributed by atoms with Gasteiger partial charge in [0.05, 0.1) is 11.3 Å². The Morgan fingerprint density at radius 1 is 1.40 bits per heavy atom. The van der Waals surface area contributed by atoms with Crippen LogP contribution in [0.3, 0.4) is 0 Å². The highest BCUT2D eigenvalue weighted by atomic mass is 16.2. The number of hydrogen-bond donors (Lipinski definition) is 0. The Labute approximate surface area is 90.4 Å². The van der Waals surface area contributed by atoms with E-state index in [-0.39, 0.29) is 5.91 Å². The minimum absolute atomic E-state index is 0.0429. The van der Waals surface area contributed by atoms with Gasteiger partial charge in [-0.05, 0) is 26.0 Å². The molecule has 0 unspecified atom stereocenters. The number of carbonyl (C=O) groups is 1. The largest absolute Gasteiger partial charge is 0.339 e. The quantitative estimate of drug-likeness (QED) is 0.702. The summed E-state index contributed by atoms with van der Waals surface area (Å²) >= 11 is 0. The predicted molar refractivity (Wildman–Crippen MR) is 61.2 cm³/mol. The zero-order valence-corrected chi connectivity index (χ0v) is 9.23. The molecule has 15 heavy (non-hydrogen) atoms. The molecular formula is C12H16N2O. The number of carbonyl (C=O) groups excluding carboxylic acids is 1. The molecule has 0 saturated carbocycles. The first kappa shape index (κ1) is 11.4. The third-order valence-corrected chi connectivity index (χ3v) is 2.28. The molecule has 0 aromatic carbocycles. The maximum atomic E-state index is 11.9. The zero-order valence-electron chi connectivity index (χ0n) is 9.23. The van der Waals surface area contributed by atoms with Gasteiger partial charge in [-0.1, -0.05) is 12.6 Å². The number of pyridine rings is 1. The number of nitrogens with zero attached hydrogens (tertiary/aromatic N) is 2. The van der Waals surface area contributed by atoms with Gasteiger partial charge in [-0.2, -0.15) is 0 Å². The molecule has 0 N–H and O–H groups in total. The summed E-state index contributed by atoms with van der Waals surface area (Å²) in [6.45, 7) is 9.08. The molecule has 1 heterocycles. The van der Waals surface area contributed by atoms with Crippen molar-refractivity contribution in [2.75, 3.05) is 13.1 Å². The normalized spacial score (nSPS) is 9.73. The molecule has 0 spiro atoms. The molecule has 0 aliphatic carbocycles. The van der Waals surface area contributed by atoms with E-state index in [2.05, 4.69) is 11.6 Å². The van der Waals surface area contributed by atoms with Gasteiger partial charge in [-0.3, -0.25) is 9.78 Å². The highest BCUT2D eigenvalue weighted by molar-refractivity contribution is 6.17. The monoisotopic (exact) mass is 204 g/mol. The van der Waals surface area contributed by atoms with Crippen LogP contribution in [0.1, 0.15) is 19.5 Å². The van der Waals surface area contributed by atoms with Crippen LogP contribution in [0.25, 0.3) is 5.57 Å². The Morgan fingerprint density at radius 2 is 2.07 bits per heavy atom. The molecule has 0 fully saturated rings. The molecular weight excluding hydrogens is 188 g/mol. The number of rotatable bonds is 4. The van der Waals surface area contributed by atoms with Crippen molar-refractivity contribution >= 4 is 11.5 Å². The van der Waals surface area contributed by atoms with Crippen LogP contribution in [0.4, 0.5) is 0 Å². The van der Waals surface area contributed by atoms with Crippen molar-refractivity contribution in [3.63, 3.8) is 0 Å². The second-order valence-electron chi connectivity index (χ2n) is 3.17. The number of likely N-dealkylation sites (N-methyl/N-ethyl adjacent to an activating group) is 1. The van der Waals surface area contributed by atoms with Crippen LogP contribution in [-0.2, 0) is 4.79 Å². The SMILES string of the molecule is C=C(C(=O)N(CC)CC)c1ccccn1. The molecule has 1 aromatic heterocycles. The van der Waals surface area contributed by atoms with Crippen LogP contribution in [0.5, 0.6) is 0 Å². The van der Waals surface area contributed by atoms with E-state index in [1.165, 1.54) is 0 Å². The fourth-order valence-corrected chi connectivity index (χ4v) is 1.35. The van der Waals surface area contributed by atoms with Crippen LogP contribution in [0.15, 0.2) is 31.0 Å². The molecule has 0 aliphatic heterocycles. The van der Waals surface area contributed by atoms with Crippen molar-refractivity contribution in [3.05, 3.63) is 36.7 Å². The highest BCUT2D eigenvalue weighted by Gasteiger charge is 2.15. The molecule has 0 saturated heterocycles.